The third-order valence-corrected chi connectivity index (χ3v) is 8.36. The fourth-order valence-corrected chi connectivity index (χ4v) is 6.77. The number of fused-ring (bicyclic) bond motifs is 1. The first-order chi connectivity index (χ1) is 14.0. The number of amides is 1. The molecule has 1 unspecified atom stereocenters. The topological polar surface area (TPSA) is 75.5 Å². The summed E-state index contributed by atoms with van der Waals surface area (Å²) in [6.07, 6.45) is 2.55. The molecule has 2 aliphatic rings. The zero-order valence-electron chi connectivity index (χ0n) is 16.4. The predicted molar refractivity (Wildman–Crippen MR) is 116 cm³/mol. The number of nitrogens with zero attached hydrogens (tertiary/aromatic N) is 4. The Morgan fingerprint density at radius 2 is 2.00 bits per heavy atom. The number of thioether (sulfide) groups is 1. The standard InChI is InChI=1S/C20H26N4O3S2/c1-2-8-24-18-6-4-3-5-17(18)21-20(24)28-14-19(25)23-11-9-22(10-12-23)16-7-13-29(26,27)15-16/h2-6,16H,1,7-15H2. The first-order valence-electron chi connectivity index (χ1n) is 9.88. The molecule has 0 N–H and O–H groups in total. The van der Waals surface area contributed by atoms with Crippen molar-refractivity contribution in [2.45, 2.75) is 24.2 Å². The molecule has 2 aromatic rings. The summed E-state index contributed by atoms with van der Waals surface area (Å²) in [4.78, 5) is 21.5. The minimum atomic E-state index is -2.88. The van der Waals surface area contributed by atoms with E-state index in [1.165, 1.54) is 11.8 Å². The van der Waals surface area contributed by atoms with Crippen molar-refractivity contribution >= 4 is 38.5 Å². The average molecular weight is 435 g/mol. The molecule has 156 valence electrons. The molecule has 1 aromatic carbocycles. The van der Waals surface area contributed by atoms with E-state index in [2.05, 4.69) is 21.0 Å². The molecule has 1 atom stereocenters. The van der Waals surface area contributed by atoms with E-state index >= 15 is 0 Å². The van der Waals surface area contributed by atoms with Gasteiger partial charge in [0.2, 0.25) is 5.91 Å². The van der Waals surface area contributed by atoms with Crippen LogP contribution in [-0.4, -0.2) is 83.2 Å². The van der Waals surface area contributed by atoms with Gasteiger partial charge in [-0.2, -0.15) is 0 Å². The lowest BCUT2D eigenvalue weighted by Crippen LogP contribution is -2.52. The van der Waals surface area contributed by atoms with Gasteiger partial charge in [-0.25, -0.2) is 13.4 Å². The molecule has 7 nitrogen and oxygen atoms in total. The highest BCUT2D eigenvalue weighted by atomic mass is 32.2. The van der Waals surface area contributed by atoms with Crippen LogP contribution in [0, 0.1) is 0 Å². The van der Waals surface area contributed by atoms with E-state index in [1.807, 2.05) is 35.2 Å². The van der Waals surface area contributed by atoms with Gasteiger partial charge in [-0.1, -0.05) is 30.0 Å². The van der Waals surface area contributed by atoms with E-state index in [9.17, 15) is 13.2 Å². The Morgan fingerprint density at radius 1 is 1.24 bits per heavy atom. The van der Waals surface area contributed by atoms with Crippen molar-refractivity contribution in [3.05, 3.63) is 36.9 Å². The monoisotopic (exact) mass is 434 g/mol. The van der Waals surface area contributed by atoms with Crippen molar-refractivity contribution in [1.82, 2.24) is 19.4 Å². The summed E-state index contributed by atoms with van der Waals surface area (Å²) in [6.45, 7) is 7.27. The lowest BCUT2D eigenvalue weighted by atomic mass is 10.2. The van der Waals surface area contributed by atoms with Crippen LogP contribution >= 0.6 is 11.8 Å². The summed E-state index contributed by atoms with van der Waals surface area (Å²) in [7, 11) is -2.88. The molecule has 0 spiro atoms. The van der Waals surface area contributed by atoms with Gasteiger partial charge in [0, 0.05) is 38.8 Å². The lowest BCUT2D eigenvalue weighted by molar-refractivity contribution is -0.130. The highest BCUT2D eigenvalue weighted by molar-refractivity contribution is 7.99. The van der Waals surface area contributed by atoms with Crippen LogP contribution in [0.2, 0.25) is 0 Å². The fourth-order valence-electron chi connectivity index (χ4n) is 4.09. The number of para-hydroxylation sites is 2. The Balaban J connectivity index is 1.33. The number of carbonyl (C=O) groups excluding carboxylic acids is 1. The molecule has 3 heterocycles. The molecular weight excluding hydrogens is 408 g/mol. The number of carbonyl (C=O) groups is 1. The molecule has 0 aliphatic carbocycles. The zero-order chi connectivity index (χ0) is 20.4. The van der Waals surface area contributed by atoms with Crippen LogP contribution < -0.4 is 0 Å². The zero-order valence-corrected chi connectivity index (χ0v) is 18.0. The minimum Gasteiger partial charge on any atom is -0.339 e. The second kappa shape index (κ2) is 8.49. The Hall–Kier alpha value is -1.84. The Labute approximate surface area is 175 Å². The van der Waals surface area contributed by atoms with Crippen LogP contribution in [-0.2, 0) is 21.2 Å². The molecule has 0 bridgehead atoms. The highest BCUT2D eigenvalue weighted by Gasteiger charge is 2.34. The second-order valence-corrected chi connectivity index (χ2v) is 10.7. The lowest BCUT2D eigenvalue weighted by Gasteiger charge is -2.37. The van der Waals surface area contributed by atoms with Crippen molar-refractivity contribution < 1.29 is 13.2 Å². The van der Waals surface area contributed by atoms with Crippen LogP contribution in [0.25, 0.3) is 11.0 Å². The van der Waals surface area contributed by atoms with Gasteiger partial charge in [-0.15, -0.1) is 6.58 Å². The van der Waals surface area contributed by atoms with E-state index < -0.39 is 9.84 Å². The van der Waals surface area contributed by atoms with Crippen molar-refractivity contribution in [2.75, 3.05) is 43.4 Å². The van der Waals surface area contributed by atoms with Crippen molar-refractivity contribution in [1.29, 1.82) is 0 Å². The van der Waals surface area contributed by atoms with Gasteiger partial charge < -0.3 is 9.47 Å². The van der Waals surface area contributed by atoms with Crippen LogP contribution in [0.5, 0.6) is 0 Å². The third-order valence-electron chi connectivity index (χ3n) is 5.65. The van der Waals surface area contributed by atoms with Crippen LogP contribution in [0.4, 0.5) is 0 Å². The number of aromatic nitrogens is 2. The van der Waals surface area contributed by atoms with Crippen LogP contribution in [0.1, 0.15) is 6.42 Å². The van der Waals surface area contributed by atoms with E-state index in [-0.39, 0.29) is 17.7 Å². The minimum absolute atomic E-state index is 0.103. The Morgan fingerprint density at radius 3 is 2.69 bits per heavy atom. The average Bonchev–Trinajstić information content (AvgIpc) is 3.26. The number of imidazole rings is 1. The van der Waals surface area contributed by atoms with Crippen LogP contribution in [0.3, 0.4) is 0 Å². The van der Waals surface area contributed by atoms with Gasteiger partial charge in [0.1, 0.15) is 0 Å². The van der Waals surface area contributed by atoms with Crippen molar-refractivity contribution in [3.8, 4) is 0 Å². The van der Waals surface area contributed by atoms with E-state index in [1.54, 1.807) is 0 Å². The van der Waals surface area contributed by atoms with Crippen molar-refractivity contribution in [2.24, 2.45) is 0 Å². The first kappa shape index (κ1) is 20.4. The SMILES string of the molecule is C=CCn1c(SCC(=O)N2CCN(C3CCS(=O)(=O)C3)CC2)nc2ccccc21. The van der Waals surface area contributed by atoms with E-state index in [0.717, 1.165) is 29.3 Å². The normalized spacial score (nSPS) is 22.2. The number of hydrogen-bond acceptors (Lipinski definition) is 6. The van der Waals surface area contributed by atoms with Gasteiger partial charge in [-0.3, -0.25) is 9.69 Å². The van der Waals surface area contributed by atoms with Crippen molar-refractivity contribution in [3.63, 3.8) is 0 Å². The van der Waals surface area contributed by atoms with Gasteiger partial charge in [0.05, 0.1) is 28.3 Å². The summed E-state index contributed by atoms with van der Waals surface area (Å²) in [5, 5.41) is 0.828. The van der Waals surface area contributed by atoms with Gasteiger partial charge in [-0.05, 0) is 18.6 Å². The van der Waals surface area contributed by atoms with Gasteiger partial charge in [0.25, 0.3) is 0 Å². The molecule has 29 heavy (non-hydrogen) atoms. The number of hydrogen-bond donors (Lipinski definition) is 0. The van der Waals surface area contributed by atoms with Gasteiger partial charge in [0.15, 0.2) is 15.0 Å². The third kappa shape index (κ3) is 4.51. The molecule has 4 rings (SSSR count). The van der Waals surface area contributed by atoms with Gasteiger partial charge >= 0.3 is 0 Å². The predicted octanol–water partition coefficient (Wildman–Crippen LogP) is 1.65. The Bertz CT molecular complexity index is 1010. The smallest absolute Gasteiger partial charge is 0.233 e. The number of piperazine rings is 1. The quantitative estimate of drug-likeness (QED) is 0.508. The number of rotatable bonds is 6. The summed E-state index contributed by atoms with van der Waals surface area (Å²) in [5.74, 6) is 0.999. The summed E-state index contributed by atoms with van der Waals surface area (Å²) < 4.78 is 25.5. The molecule has 2 saturated heterocycles. The molecule has 0 saturated carbocycles. The summed E-state index contributed by atoms with van der Waals surface area (Å²) in [5.41, 5.74) is 1.96. The van der Waals surface area contributed by atoms with E-state index in [4.69, 9.17) is 0 Å². The molecule has 9 heteroatoms. The fraction of sp³-hybridized carbons (Fsp3) is 0.500. The molecule has 2 fully saturated rings. The Kier molecular flexibility index (Phi) is 5.98. The number of allylic oxidation sites excluding steroid dienone is 1. The molecule has 0 radical (unpaired) electrons. The molecular formula is C20H26N4O3S2. The molecule has 1 aromatic heterocycles. The largest absolute Gasteiger partial charge is 0.339 e. The highest BCUT2D eigenvalue weighted by Crippen LogP contribution is 2.25. The molecule has 1 amide bonds. The summed E-state index contributed by atoms with van der Waals surface area (Å²) in [6, 6.07) is 8.06. The second-order valence-electron chi connectivity index (χ2n) is 7.54. The number of sulfone groups is 1. The maximum Gasteiger partial charge on any atom is 0.233 e. The first-order valence-corrected chi connectivity index (χ1v) is 12.7. The number of benzene rings is 1. The van der Waals surface area contributed by atoms with Crippen LogP contribution in [0.15, 0.2) is 42.1 Å². The summed E-state index contributed by atoms with van der Waals surface area (Å²) >= 11 is 1.46. The van der Waals surface area contributed by atoms with E-state index in [0.29, 0.717) is 37.6 Å². The molecule has 2 aliphatic heterocycles. The maximum absolute atomic E-state index is 12.7. The maximum atomic E-state index is 12.7.